The third kappa shape index (κ3) is 3.16. The van der Waals surface area contributed by atoms with E-state index in [-0.39, 0.29) is 0 Å². The number of amides is 1. The predicted octanol–water partition coefficient (Wildman–Crippen LogP) is 1.94. The van der Waals surface area contributed by atoms with Gasteiger partial charge in [0.25, 0.3) is 5.91 Å². The van der Waals surface area contributed by atoms with E-state index < -0.39 is 18.5 Å². The molecule has 2 aromatic heterocycles. The minimum Gasteiger partial charge on any atom is -0.452 e. The van der Waals surface area contributed by atoms with Gasteiger partial charge in [0.15, 0.2) is 6.61 Å². The maximum absolute atomic E-state index is 12.3. The lowest BCUT2D eigenvalue weighted by Gasteiger charge is -2.09. The fraction of sp³-hybridized carbons (Fsp3) is 0.0588. The molecule has 0 aliphatic rings. The molecule has 0 radical (unpaired) electrons. The van der Waals surface area contributed by atoms with Gasteiger partial charge in [0.1, 0.15) is 0 Å². The number of benzene rings is 1. The number of hydrogen-bond donors (Lipinski definition) is 1. The van der Waals surface area contributed by atoms with Gasteiger partial charge < -0.3 is 10.5 Å². The monoisotopic (exact) mass is 307 g/mol. The van der Waals surface area contributed by atoms with Crippen LogP contribution >= 0.6 is 0 Å². The number of primary amides is 1. The van der Waals surface area contributed by atoms with E-state index in [1.807, 2.05) is 12.1 Å². The van der Waals surface area contributed by atoms with Gasteiger partial charge in [0.2, 0.25) is 0 Å². The first-order valence-electron chi connectivity index (χ1n) is 6.91. The zero-order valence-corrected chi connectivity index (χ0v) is 12.1. The number of nitrogens with zero attached hydrogens (tertiary/aromatic N) is 2. The third-order valence-electron chi connectivity index (χ3n) is 3.24. The van der Waals surface area contributed by atoms with Crippen LogP contribution in [0.5, 0.6) is 0 Å². The van der Waals surface area contributed by atoms with Crippen molar-refractivity contribution in [1.82, 2.24) is 9.97 Å². The summed E-state index contributed by atoms with van der Waals surface area (Å²) in [6.07, 6.45) is 3.32. The van der Waals surface area contributed by atoms with Crippen LogP contribution in [0.25, 0.3) is 22.2 Å². The van der Waals surface area contributed by atoms with Gasteiger partial charge in [0, 0.05) is 23.3 Å². The number of fused-ring (bicyclic) bond motifs is 1. The molecule has 3 rings (SSSR count). The molecule has 0 aliphatic heterocycles. The van der Waals surface area contributed by atoms with Crippen molar-refractivity contribution in [2.45, 2.75) is 0 Å². The summed E-state index contributed by atoms with van der Waals surface area (Å²) in [6.45, 7) is -0.461. The van der Waals surface area contributed by atoms with E-state index in [9.17, 15) is 9.59 Å². The van der Waals surface area contributed by atoms with Gasteiger partial charge >= 0.3 is 5.97 Å². The lowest BCUT2D eigenvalue weighted by atomic mass is 10.1. The second kappa shape index (κ2) is 6.23. The number of nitrogens with two attached hydrogens (primary N) is 1. The molecule has 0 aliphatic carbocycles. The molecule has 2 N–H and O–H groups in total. The molecule has 0 spiro atoms. The molecular formula is C17H13N3O3. The SMILES string of the molecule is NC(=O)COC(=O)c1cc(-c2cccnc2)nc2ccccc12. The topological polar surface area (TPSA) is 95.2 Å². The largest absolute Gasteiger partial charge is 0.452 e. The smallest absolute Gasteiger partial charge is 0.339 e. The average Bonchev–Trinajstić information content (AvgIpc) is 2.59. The minimum absolute atomic E-state index is 0.329. The van der Waals surface area contributed by atoms with Crippen molar-refractivity contribution in [3.63, 3.8) is 0 Å². The van der Waals surface area contributed by atoms with Gasteiger partial charge in [0.05, 0.1) is 16.8 Å². The Hall–Kier alpha value is -3.28. The zero-order valence-electron chi connectivity index (χ0n) is 12.1. The molecule has 0 saturated carbocycles. The summed E-state index contributed by atoms with van der Waals surface area (Å²) in [5, 5.41) is 0.648. The normalized spacial score (nSPS) is 10.4. The van der Waals surface area contributed by atoms with E-state index in [0.29, 0.717) is 22.2 Å². The zero-order chi connectivity index (χ0) is 16.2. The van der Waals surface area contributed by atoms with Crippen molar-refractivity contribution >= 4 is 22.8 Å². The Kier molecular flexibility index (Phi) is 3.97. The Bertz CT molecular complexity index is 879. The number of carbonyl (C=O) groups is 2. The highest BCUT2D eigenvalue weighted by Crippen LogP contribution is 2.24. The van der Waals surface area contributed by atoms with Gasteiger partial charge in [-0.15, -0.1) is 0 Å². The number of carbonyl (C=O) groups excluding carboxylic acids is 2. The van der Waals surface area contributed by atoms with Gasteiger partial charge in [-0.2, -0.15) is 0 Å². The maximum atomic E-state index is 12.3. The van der Waals surface area contributed by atoms with E-state index in [2.05, 4.69) is 9.97 Å². The number of aromatic nitrogens is 2. The van der Waals surface area contributed by atoms with Crippen LogP contribution in [0.2, 0.25) is 0 Å². The molecule has 0 saturated heterocycles. The van der Waals surface area contributed by atoms with Crippen LogP contribution in [0.15, 0.2) is 54.9 Å². The number of esters is 1. The molecule has 0 atom stereocenters. The van der Waals surface area contributed by atoms with Crippen LogP contribution in [0.1, 0.15) is 10.4 Å². The first-order valence-corrected chi connectivity index (χ1v) is 6.91. The summed E-state index contributed by atoms with van der Waals surface area (Å²) in [5.74, 6) is -1.32. The van der Waals surface area contributed by atoms with E-state index in [0.717, 1.165) is 5.56 Å². The quantitative estimate of drug-likeness (QED) is 0.743. The van der Waals surface area contributed by atoms with Crippen molar-refractivity contribution < 1.29 is 14.3 Å². The highest BCUT2D eigenvalue weighted by Gasteiger charge is 2.15. The van der Waals surface area contributed by atoms with E-state index in [4.69, 9.17) is 10.5 Å². The van der Waals surface area contributed by atoms with Crippen LogP contribution in [-0.4, -0.2) is 28.5 Å². The van der Waals surface area contributed by atoms with Crippen LogP contribution < -0.4 is 5.73 Å². The van der Waals surface area contributed by atoms with Gasteiger partial charge in [-0.1, -0.05) is 18.2 Å². The van der Waals surface area contributed by atoms with Gasteiger partial charge in [-0.3, -0.25) is 9.78 Å². The summed E-state index contributed by atoms with van der Waals surface area (Å²) in [6, 6.07) is 12.5. The van der Waals surface area contributed by atoms with Crippen molar-refractivity contribution in [3.05, 3.63) is 60.4 Å². The van der Waals surface area contributed by atoms with E-state index in [1.54, 1.807) is 42.7 Å². The molecule has 0 unspecified atom stereocenters. The van der Waals surface area contributed by atoms with Crippen molar-refractivity contribution in [1.29, 1.82) is 0 Å². The number of pyridine rings is 2. The van der Waals surface area contributed by atoms with Crippen LogP contribution in [0.3, 0.4) is 0 Å². The second-order valence-corrected chi connectivity index (χ2v) is 4.86. The molecule has 0 bridgehead atoms. The Morgan fingerprint density at radius 1 is 1.13 bits per heavy atom. The average molecular weight is 307 g/mol. The first-order chi connectivity index (χ1) is 11.1. The van der Waals surface area contributed by atoms with Crippen LogP contribution in [0, 0.1) is 0 Å². The number of hydrogen-bond acceptors (Lipinski definition) is 5. The summed E-state index contributed by atoms with van der Waals surface area (Å²) in [5.41, 5.74) is 7.38. The molecule has 1 aromatic carbocycles. The van der Waals surface area contributed by atoms with E-state index >= 15 is 0 Å². The molecule has 1 amide bonds. The Morgan fingerprint density at radius 3 is 2.70 bits per heavy atom. The number of rotatable bonds is 4. The highest BCUT2D eigenvalue weighted by molar-refractivity contribution is 6.05. The Labute approximate surface area is 131 Å². The fourth-order valence-electron chi connectivity index (χ4n) is 2.22. The van der Waals surface area contributed by atoms with Crippen molar-refractivity contribution in [3.8, 4) is 11.3 Å². The van der Waals surface area contributed by atoms with E-state index in [1.165, 1.54) is 0 Å². The molecule has 6 nitrogen and oxygen atoms in total. The van der Waals surface area contributed by atoms with Gasteiger partial charge in [-0.25, -0.2) is 9.78 Å². The molecule has 114 valence electrons. The summed E-state index contributed by atoms with van der Waals surface area (Å²) in [4.78, 5) is 31.7. The number of para-hydroxylation sites is 1. The summed E-state index contributed by atoms with van der Waals surface area (Å²) >= 11 is 0. The molecule has 0 fully saturated rings. The molecule has 2 heterocycles. The van der Waals surface area contributed by atoms with Crippen LogP contribution in [0.4, 0.5) is 0 Å². The Balaban J connectivity index is 2.11. The first kappa shape index (κ1) is 14.6. The predicted molar refractivity (Wildman–Crippen MR) is 84.5 cm³/mol. The molecule has 23 heavy (non-hydrogen) atoms. The fourth-order valence-corrected chi connectivity index (χ4v) is 2.22. The highest BCUT2D eigenvalue weighted by atomic mass is 16.5. The second-order valence-electron chi connectivity index (χ2n) is 4.86. The number of ether oxygens (including phenoxy) is 1. The third-order valence-corrected chi connectivity index (χ3v) is 3.24. The van der Waals surface area contributed by atoms with Crippen molar-refractivity contribution in [2.75, 3.05) is 6.61 Å². The van der Waals surface area contributed by atoms with Crippen molar-refractivity contribution in [2.24, 2.45) is 5.73 Å². The Morgan fingerprint density at radius 2 is 1.96 bits per heavy atom. The maximum Gasteiger partial charge on any atom is 0.339 e. The van der Waals surface area contributed by atoms with Gasteiger partial charge in [-0.05, 0) is 24.3 Å². The lowest BCUT2D eigenvalue weighted by molar-refractivity contribution is -0.121. The molecule has 3 aromatic rings. The lowest BCUT2D eigenvalue weighted by Crippen LogP contribution is -2.21. The molecular weight excluding hydrogens is 294 g/mol. The summed E-state index contributed by atoms with van der Waals surface area (Å²) in [7, 11) is 0. The summed E-state index contributed by atoms with van der Waals surface area (Å²) < 4.78 is 4.93. The van der Waals surface area contributed by atoms with Crippen LogP contribution in [-0.2, 0) is 9.53 Å². The minimum atomic E-state index is -0.704. The molecule has 6 heteroatoms. The standard InChI is InChI=1S/C17H13N3O3/c18-16(21)10-23-17(22)13-8-15(11-4-3-7-19-9-11)20-14-6-2-1-5-12(13)14/h1-9H,10H2,(H2,18,21).